The van der Waals surface area contributed by atoms with Crippen LogP contribution in [0.2, 0.25) is 0 Å². The topological polar surface area (TPSA) is 111 Å². The molecular weight excluding hydrogens is 528 g/mol. The van der Waals surface area contributed by atoms with Gasteiger partial charge in [-0.15, -0.1) is 0 Å². The molecule has 2 N–H and O–H groups in total. The van der Waals surface area contributed by atoms with Crippen molar-refractivity contribution < 1.29 is 14.2 Å². The van der Waals surface area contributed by atoms with Crippen molar-refractivity contribution in [1.29, 1.82) is 0 Å². The van der Waals surface area contributed by atoms with Gasteiger partial charge in [0.2, 0.25) is 0 Å². The standard InChI is InChI=1S/C33H32N6O3/c1-16(2)40-19-7-10-22-25(13-19)31-34-28(22)38-32-27-15-21(42-18(5)6)9-12-24(27)30(36-32)39-33-26-14-20(41-17(3)4)8-11-23(26)29(35-33)37-31/h7-18H,1-6H3,(H2,34,35,36,37,38,39). The fraction of sp³-hybridized carbons (Fsp3) is 0.273. The van der Waals surface area contributed by atoms with E-state index in [4.69, 9.17) is 34.1 Å². The molecule has 212 valence electrons. The number of rotatable bonds is 6. The molecule has 6 aromatic rings. The Morgan fingerprint density at radius 1 is 0.452 bits per heavy atom. The summed E-state index contributed by atoms with van der Waals surface area (Å²) in [5.74, 6) is 3.40. The summed E-state index contributed by atoms with van der Waals surface area (Å²) in [6, 6.07) is 17.9. The first-order valence-corrected chi connectivity index (χ1v) is 14.3. The largest absolute Gasteiger partial charge is 0.491 e. The lowest BCUT2D eigenvalue weighted by molar-refractivity contribution is 0.242. The number of hydrogen-bond donors (Lipinski definition) is 2. The lowest BCUT2D eigenvalue weighted by Gasteiger charge is -2.10. The SMILES string of the molecule is CC(C)Oc1ccc2c(c1)-c1nc-2nc2[nH]c(nc3[nH]c(n1)c1ccc(OC(C)C)cc31)c1ccc(OC(C)C)cc21. The van der Waals surface area contributed by atoms with Gasteiger partial charge >= 0.3 is 0 Å². The zero-order valence-electron chi connectivity index (χ0n) is 24.4. The second-order valence-corrected chi connectivity index (χ2v) is 11.4. The number of nitrogens with zero attached hydrogens (tertiary/aromatic N) is 4. The average Bonchev–Trinajstić information content (AvgIpc) is 3.55. The molecule has 3 aromatic heterocycles. The molecule has 1 aliphatic heterocycles. The third kappa shape index (κ3) is 4.60. The molecule has 9 nitrogen and oxygen atoms in total. The molecule has 4 heterocycles. The van der Waals surface area contributed by atoms with Crippen LogP contribution in [0.1, 0.15) is 41.5 Å². The lowest BCUT2D eigenvalue weighted by atomic mass is 10.1. The van der Waals surface area contributed by atoms with Crippen LogP contribution in [0.4, 0.5) is 0 Å². The fourth-order valence-electron chi connectivity index (χ4n) is 5.35. The highest BCUT2D eigenvalue weighted by Crippen LogP contribution is 2.38. The highest BCUT2D eigenvalue weighted by atomic mass is 16.5. The van der Waals surface area contributed by atoms with Gasteiger partial charge in [-0.05, 0) is 96.1 Å². The first-order chi connectivity index (χ1) is 20.2. The van der Waals surface area contributed by atoms with Crippen molar-refractivity contribution in [2.75, 3.05) is 0 Å². The molecule has 7 rings (SSSR count). The minimum Gasteiger partial charge on any atom is -0.491 e. The summed E-state index contributed by atoms with van der Waals surface area (Å²) < 4.78 is 18.1. The third-order valence-electron chi connectivity index (χ3n) is 6.94. The van der Waals surface area contributed by atoms with E-state index in [2.05, 4.69) is 9.97 Å². The molecule has 9 heteroatoms. The number of aromatic amines is 2. The van der Waals surface area contributed by atoms with Crippen molar-refractivity contribution in [3.05, 3.63) is 54.6 Å². The summed E-state index contributed by atoms with van der Waals surface area (Å²) in [6.07, 6.45) is 0.117. The van der Waals surface area contributed by atoms with Crippen LogP contribution in [0.5, 0.6) is 17.2 Å². The quantitative estimate of drug-likeness (QED) is 0.215. The maximum Gasteiger partial charge on any atom is 0.164 e. The maximum absolute atomic E-state index is 6.02. The molecular formula is C33H32N6O3. The zero-order chi connectivity index (χ0) is 29.1. The second kappa shape index (κ2) is 9.87. The lowest BCUT2D eigenvalue weighted by Crippen LogP contribution is -2.05. The summed E-state index contributed by atoms with van der Waals surface area (Å²) in [5, 5.41) is 3.62. The van der Waals surface area contributed by atoms with Gasteiger partial charge in [-0.25, -0.2) is 19.9 Å². The van der Waals surface area contributed by atoms with E-state index >= 15 is 0 Å². The number of nitrogens with one attached hydrogen (secondary N) is 2. The van der Waals surface area contributed by atoms with Gasteiger partial charge in [-0.2, -0.15) is 0 Å². The molecule has 3 aromatic carbocycles. The van der Waals surface area contributed by atoms with Crippen molar-refractivity contribution in [3.8, 4) is 40.0 Å². The van der Waals surface area contributed by atoms with Crippen molar-refractivity contribution in [1.82, 2.24) is 29.9 Å². The molecule has 6 bridgehead atoms. The predicted octanol–water partition coefficient (Wildman–Crippen LogP) is 7.67. The van der Waals surface area contributed by atoms with Gasteiger partial charge in [-0.1, -0.05) is 0 Å². The van der Waals surface area contributed by atoms with E-state index in [9.17, 15) is 0 Å². The number of ether oxygens (including phenoxy) is 3. The highest BCUT2D eigenvalue weighted by Gasteiger charge is 2.22. The van der Waals surface area contributed by atoms with Crippen molar-refractivity contribution in [2.45, 2.75) is 59.9 Å². The van der Waals surface area contributed by atoms with Crippen LogP contribution in [0.3, 0.4) is 0 Å². The third-order valence-corrected chi connectivity index (χ3v) is 6.94. The summed E-state index contributed by atoms with van der Waals surface area (Å²) in [5.41, 5.74) is 4.37. The van der Waals surface area contributed by atoms with E-state index in [1.54, 1.807) is 0 Å². The molecule has 0 saturated heterocycles. The van der Waals surface area contributed by atoms with Gasteiger partial charge in [0.25, 0.3) is 0 Å². The molecule has 0 unspecified atom stereocenters. The zero-order valence-corrected chi connectivity index (χ0v) is 24.4. The average molecular weight is 561 g/mol. The Labute approximate surface area is 242 Å². The van der Waals surface area contributed by atoms with Crippen molar-refractivity contribution in [2.24, 2.45) is 0 Å². The van der Waals surface area contributed by atoms with Crippen LogP contribution in [-0.2, 0) is 0 Å². The Balaban J connectivity index is 1.59. The Kier molecular flexibility index (Phi) is 6.11. The minimum atomic E-state index is 0.0359. The van der Waals surface area contributed by atoms with E-state index in [1.165, 1.54) is 0 Å². The number of fused-ring (bicyclic) bond motifs is 15. The Bertz CT molecular complexity index is 2070. The number of H-pyrrole nitrogens is 2. The van der Waals surface area contributed by atoms with E-state index in [0.717, 1.165) is 49.9 Å². The Morgan fingerprint density at radius 3 is 1.43 bits per heavy atom. The fourth-order valence-corrected chi connectivity index (χ4v) is 5.35. The number of aromatic nitrogens is 6. The van der Waals surface area contributed by atoms with Crippen LogP contribution in [0.15, 0.2) is 54.6 Å². The Morgan fingerprint density at radius 2 is 0.881 bits per heavy atom. The summed E-state index contributed by atoms with van der Waals surface area (Å²) >= 11 is 0. The van der Waals surface area contributed by atoms with E-state index in [1.807, 2.05) is 96.1 Å². The monoisotopic (exact) mass is 560 g/mol. The first-order valence-electron chi connectivity index (χ1n) is 14.3. The predicted molar refractivity (Wildman–Crippen MR) is 166 cm³/mol. The smallest absolute Gasteiger partial charge is 0.164 e. The van der Waals surface area contributed by atoms with Crippen LogP contribution >= 0.6 is 0 Å². The molecule has 0 aliphatic carbocycles. The second-order valence-electron chi connectivity index (χ2n) is 11.4. The number of benzene rings is 3. The van der Waals surface area contributed by atoms with Gasteiger partial charge < -0.3 is 24.2 Å². The van der Waals surface area contributed by atoms with Crippen LogP contribution in [0, 0.1) is 0 Å². The first kappa shape index (κ1) is 26.0. The van der Waals surface area contributed by atoms with Crippen LogP contribution in [-0.4, -0.2) is 48.2 Å². The molecule has 0 spiro atoms. The van der Waals surface area contributed by atoms with Crippen molar-refractivity contribution >= 4 is 44.1 Å². The van der Waals surface area contributed by atoms with Gasteiger partial charge in [0.05, 0.1) is 18.3 Å². The highest BCUT2D eigenvalue weighted by molar-refractivity contribution is 6.08. The van der Waals surface area contributed by atoms with E-state index < -0.39 is 0 Å². The van der Waals surface area contributed by atoms with E-state index in [-0.39, 0.29) is 18.3 Å². The molecule has 0 fully saturated rings. The molecule has 0 atom stereocenters. The van der Waals surface area contributed by atoms with Crippen LogP contribution in [0.25, 0.3) is 66.9 Å². The van der Waals surface area contributed by atoms with Crippen LogP contribution < -0.4 is 14.2 Å². The molecule has 0 radical (unpaired) electrons. The molecule has 0 saturated carbocycles. The summed E-state index contributed by atoms with van der Waals surface area (Å²) in [6.45, 7) is 12.1. The summed E-state index contributed by atoms with van der Waals surface area (Å²) in [7, 11) is 0. The molecule has 42 heavy (non-hydrogen) atoms. The minimum absolute atomic E-state index is 0.0359. The van der Waals surface area contributed by atoms with Gasteiger partial charge in [0, 0.05) is 32.7 Å². The van der Waals surface area contributed by atoms with Gasteiger partial charge in [-0.3, -0.25) is 0 Å². The molecule has 0 amide bonds. The number of hydrogen-bond acceptors (Lipinski definition) is 7. The van der Waals surface area contributed by atoms with Gasteiger partial charge in [0.1, 0.15) is 39.8 Å². The van der Waals surface area contributed by atoms with Crippen molar-refractivity contribution in [3.63, 3.8) is 0 Å². The maximum atomic E-state index is 6.02. The van der Waals surface area contributed by atoms with Gasteiger partial charge in [0.15, 0.2) is 11.6 Å². The normalized spacial score (nSPS) is 12.2. The Hall–Kier alpha value is -4.92. The molecule has 1 aliphatic rings. The summed E-state index contributed by atoms with van der Waals surface area (Å²) in [4.78, 5) is 27.0. The van der Waals surface area contributed by atoms with E-state index in [0.29, 0.717) is 34.2 Å².